The molecule has 2 rings (SSSR count). The number of hydrogen-bond acceptors (Lipinski definition) is 3. The maximum atomic E-state index is 13.3. The molecule has 0 bridgehead atoms. The van der Waals surface area contributed by atoms with Crippen LogP contribution >= 0.6 is 15.9 Å². The highest BCUT2D eigenvalue weighted by molar-refractivity contribution is 9.10. The lowest BCUT2D eigenvalue weighted by Crippen LogP contribution is -2.00. The number of rotatable bonds is 3. The normalized spacial score (nSPS) is 9.95. The van der Waals surface area contributed by atoms with Crippen LogP contribution in [0.5, 0.6) is 5.75 Å². The second-order valence-electron chi connectivity index (χ2n) is 3.87. The molecular weight excluding hydrogens is 311 g/mol. The molecule has 0 saturated heterocycles. The molecule has 0 spiro atoms. The highest BCUT2D eigenvalue weighted by Gasteiger charge is 2.08. The summed E-state index contributed by atoms with van der Waals surface area (Å²) in [6, 6.07) is 11.5. The topological polar surface area (TPSA) is 59.0 Å². The lowest BCUT2D eigenvalue weighted by atomic mass is 10.2. The van der Waals surface area contributed by atoms with E-state index < -0.39 is 0 Å². The first-order chi connectivity index (χ1) is 9.11. The van der Waals surface area contributed by atoms with Gasteiger partial charge in [-0.1, -0.05) is 12.1 Å². The molecule has 0 saturated carbocycles. The smallest absolute Gasteiger partial charge is 0.137 e. The minimum Gasteiger partial charge on any atom is -0.487 e. The fraction of sp³-hybridized carbons (Fsp3) is 0.0714. The predicted octanol–water partition coefficient (Wildman–Crippen LogP) is 3.62. The van der Waals surface area contributed by atoms with E-state index in [1.807, 2.05) is 6.07 Å². The Labute approximate surface area is 118 Å². The van der Waals surface area contributed by atoms with E-state index in [0.717, 1.165) is 0 Å². The van der Waals surface area contributed by atoms with Crippen molar-refractivity contribution in [2.24, 2.45) is 0 Å². The van der Waals surface area contributed by atoms with E-state index in [1.54, 1.807) is 24.3 Å². The highest BCUT2D eigenvalue weighted by Crippen LogP contribution is 2.25. The van der Waals surface area contributed by atoms with E-state index in [0.29, 0.717) is 27.0 Å². The van der Waals surface area contributed by atoms with E-state index in [4.69, 9.17) is 15.7 Å². The second kappa shape index (κ2) is 5.72. The average Bonchev–Trinajstić information content (AvgIpc) is 2.41. The lowest BCUT2D eigenvalue weighted by Gasteiger charge is -2.10. The third-order valence-corrected chi connectivity index (χ3v) is 3.43. The Kier molecular flexibility index (Phi) is 4.03. The van der Waals surface area contributed by atoms with Crippen molar-refractivity contribution in [3.63, 3.8) is 0 Å². The molecule has 19 heavy (non-hydrogen) atoms. The van der Waals surface area contributed by atoms with Crippen molar-refractivity contribution in [1.82, 2.24) is 0 Å². The van der Waals surface area contributed by atoms with Gasteiger partial charge in [0.1, 0.15) is 24.2 Å². The second-order valence-corrected chi connectivity index (χ2v) is 4.66. The first kappa shape index (κ1) is 13.4. The van der Waals surface area contributed by atoms with Gasteiger partial charge < -0.3 is 10.5 Å². The third-order valence-electron chi connectivity index (χ3n) is 2.54. The molecule has 0 aromatic heterocycles. The molecular formula is C14H10BrFN2O. The molecule has 5 heteroatoms. The van der Waals surface area contributed by atoms with Gasteiger partial charge in [-0.05, 0) is 40.2 Å². The summed E-state index contributed by atoms with van der Waals surface area (Å²) in [4.78, 5) is 0. The zero-order chi connectivity index (χ0) is 13.8. The number of nitriles is 1. The van der Waals surface area contributed by atoms with Crippen LogP contribution in [0, 0.1) is 17.1 Å². The van der Waals surface area contributed by atoms with Gasteiger partial charge in [0.2, 0.25) is 0 Å². The molecule has 0 amide bonds. The van der Waals surface area contributed by atoms with Crippen molar-refractivity contribution in [1.29, 1.82) is 5.26 Å². The summed E-state index contributed by atoms with van der Waals surface area (Å²) < 4.78 is 19.2. The summed E-state index contributed by atoms with van der Waals surface area (Å²) in [5, 5.41) is 8.98. The van der Waals surface area contributed by atoms with Gasteiger partial charge in [0.15, 0.2) is 0 Å². The van der Waals surface area contributed by atoms with Crippen LogP contribution in [0.15, 0.2) is 40.9 Å². The molecule has 96 valence electrons. The first-order valence-corrected chi connectivity index (χ1v) is 6.26. The summed E-state index contributed by atoms with van der Waals surface area (Å²) >= 11 is 3.16. The Balaban J connectivity index is 2.20. The van der Waals surface area contributed by atoms with E-state index >= 15 is 0 Å². The van der Waals surface area contributed by atoms with Gasteiger partial charge in [-0.2, -0.15) is 5.26 Å². The summed E-state index contributed by atoms with van der Waals surface area (Å²) in [6.07, 6.45) is 0. The zero-order valence-electron chi connectivity index (χ0n) is 9.86. The summed E-state index contributed by atoms with van der Waals surface area (Å²) in [5.41, 5.74) is 7.11. The molecule has 0 radical (unpaired) electrons. The van der Waals surface area contributed by atoms with Crippen molar-refractivity contribution >= 4 is 21.6 Å². The van der Waals surface area contributed by atoms with E-state index in [-0.39, 0.29) is 12.4 Å². The maximum absolute atomic E-state index is 13.3. The van der Waals surface area contributed by atoms with E-state index in [1.165, 1.54) is 12.1 Å². The minimum atomic E-state index is -0.348. The Morgan fingerprint density at radius 2 is 2.11 bits per heavy atom. The Morgan fingerprint density at radius 3 is 2.84 bits per heavy atom. The largest absolute Gasteiger partial charge is 0.487 e. The van der Waals surface area contributed by atoms with E-state index in [2.05, 4.69) is 15.9 Å². The first-order valence-electron chi connectivity index (χ1n) is 5.47. The van der Waals surface area contributed by atoms with Crippen LogP contribution < -0.4 is 10.5 Å². The Hall–Kier alpha value is -2.06. The van der Waals surface area contributed by atoms with Gasteiger partial charge >= 0.3 is 0 Å². The van der Waals surface area contributed by atoms with Crippen LogP contribution in [-0.4, -0.2) is 0 Å². The van der Waals surface area contributed by atoms with Crippen molar-refractivity contribution in [3.05, 3.63) is 57.8 Å². The molecule has 0 aliphatic carbocycles. The van der Waals surface area contributed by atoms with Crippen molar-refractivity contribution in [2.75, 3.05) is 5.73 Å². The SMILES string of the molecule is N#Cc1cc(N)ccc1OCc1cccc(F)c1Br. The van der Waals surface area contributed by atoms with Crippen LogP contribution in [0.3, 0.4) is 0 Å². The van der Waals surface area contributed by atoms with Gasteiger partial charge in [-0.25, -0.2) is 4.39 Å². The molecule has 0 aliphatic heterocycles. The number of nitrogens with two attached hydrogens (primary N) is 1. The lowest BCUT2D eigenvalue weighted by molar-refractivity contribution is 0.304. The monoisotopic (exact) mass is 320 g/mol. The predicted molar refractivity (Wildman–Crippen MR) is 74.0 cm³/mol. The van der Waals surface area contributed by atoms with Crippen LogP contribution in [0.25, 0.3) is 0 Å². The molecule has 2 aromatic rings. The van der Waals surface area contributed by atoms with Gasteiger partial charge in [0, 0.05) is 11.3 Å². The fourth-order valence-corrected chi connectivity index (χ4v) is 1.96. The van der Waals surface area contributed by atoms with Gasteiger partial charge in [0.05, 0.1) is 10.0 Å². The van der Waals surface area contributed by atoms with Crippen molar-refractivity contribution < 1.29 is 9.13 Å². The van der Waals surface area contributed by atoms with Gasteiger partial charge in [-0.3, -0.25) is 0 Å². The quantitative estimate of drug-likeness (QED) is 0.879. The highest BCUT2D eigenvalue weighted by atomic mass is 79.9. The number of hydrogen-bond donors (Lipinski definition) is 1. The minimum absolute atomic E-state index is 0.164. The summed E-state index contributed by atoms with van der Waals surface area (Å²) in [7, 11) is 0. The molecule has 0 heterocycles. The van der Waals surface area contributed by atoms with Crippen LogP contribution in [0.2, 0.25) is 0 Å². The fourth-order valence-electron chi connectivity index (χ4n) is 1.58. The van der Waals surface area contributed by atoms with Gasteiger partial charge in [0.25, 0.3) is 0 Å². The van der Waals surface area contributed by atoms with Crippen molar-refractivity contribution in [2.45, 2.75) is 6.61 Å². The van der Waals surface area contributed by atoms with Crippen LogP contribution in [0.1, 0.15) is 11.1 Å². The zero-order valence-corrected chi connectivity index (χ0v) is 11.4. The molecule has 0 fully saturated rings. The molecule has 2 aromatic carbocycles. The Bertz CT molecular complexity index is 652. The number of anilines is 1. The maximum Gasteiger partial charge on any atom is 0.137 e. The van der Waals surface area contributed by atoms with Gasteiger partial charge in [-0.15, -0.1) is 0 Å². The van der Waals surface area contributed by atoms with E-state index in [9.17, 15) is 4.39 Å². The third kappa shape index (κ3) is 3.04. The van der Waals surface area contributed by atoms with Crippen LogP contribution in [0.4, 0.5) is 10.1 Å². The Morgan fingerprint density at radius 1 is 1.32 bits per heavy atom. The average molecular weight is 321 g/mol. The molecule has 0 atom stereocenters. The molecule has 2 N–H and O–H groups in total. The molecule has 3 nitrogen and oxygen atoms in total. The number of nitrogens with zero attached hydrogens (tertiary/aromatic N) is 1. The number of nitrogen functional groups attached to an aromatic ring is 1. The van der Waals surface area contributed by atoms with Crippen LogP contribution in [-0.2, 0) is 6.61 Å². The summed E-state index contributed by atoms with van der Waals surface area (Å²) in [6.45, 7) is 0.164. The standard InChI is InChI=1S/C14H10BrFN2O/c15-14-9(2-1-3-12(14)16)8-19-13-5-4-11(18)6-10(13)7-17/h1-6H,8,18H2. The number of halogens is 2. The molecule has 0 aliphatic rings. The number of ether oxygens (including phenoxy) is 1. The number of benzene rings is 2. The molecule has 0 unspecified atom stereocenters. The van der Waals surface area contributed by atoms with Crippen molar-refractivity contribution in [3.8, 4) is 11.8 Å². The summed E-state index contributed by atoms with van der Waals surface area (Å²) in [5.74, 6) is 0.0757.